The van der Waals surface area contributed by atoms with Gasteiger partial charge in [0.05, 0.1) is 0 Å². The monoisotopic (exact) mass is 226 g/mol. The molecule has 0 saturated heterocycles. The molecule has 0 aromatic heterocycles. The highest BCUT2D eigenvalue weighted by Gasteiger charge is 2.09. The molecule has 0 fully saturated rings. The average Bonchev–Trinajstić information content (AvgIpc) is 2.42. The van der Waals surface area contributed by atoms with Crippen LogP contribution in [0.4, 0.5) is 0 Å². The van der Waals surface area contributed by atoms with Crippen LogP contribution in [-0.4, -0.2) is 11.7 Å². The lowest BCUT2D eigenvalue weighted by molar-refractivity contribution is 0.259. The van der Waals surface area contributed by atoms with E-state index in [2.05, 4.69) is 36.4 Å². The Bertz CT molecular complexity index is 422. The van der Waals surface area contributed by atoms with Crippen LogP contribution < -0.4 is 0 Å². The van der Waals surface area contributed by atoms with E-state index in [1.807, 2.05) is 24.3 Å². The van der Waals surface area contributed by atoms with Gasteiger partial charge in [0.1, 0.15) is 0 Å². The van der Waals surface area contributed by atoms with Crippen LogP contribution in [0.25, 0.3) is 0 Å². The Hall–Kier alpha value is -1.60. The first-order valence-corrected chi connectivity index (χ1v) is 6.10. The number of aryl methyl sites for hydroxylation is 1. The van der Waals surface area contributed by atoms with Gasteiger partial charge in [0, 0.05) is 12.5 Å². The quantitative estimate of drug-likeness (QED) is 0.828. The third-order valence-electron chi connectivity index (χ3n) is 3.12. The zero-order valence-electron chi connectivity index (χ0n) is 9.92. The van der Waals surface area contributed by atoms with Gasteiger partial charge in [-0.05, 0) is 24.0 Å². The Kier molecular flexibility index (Phi) is 4.34. The fourth-order valence-corrected chi connectivity index (χ4v) is 2.07. The van der Waals surface area contributed by atoms with Gasteiger partial charge in [0.15, 0.2) is 0 Å². The average molecular weight is 226 g/mol. The SMILES string of the molecule is OC[C@@H](CCc1ccccc1)c1ccccc1. The lowest BCUT2D eigenvalue weighted by atomic mass is 9.93. The summed E-state index contributed by atoms with van der Waals surface area (Å²) in [6, 6.07) is 20.7. The molecule has 0 amide bonds. The molecule has 0 radical (unpaired) electrons. The zero-order chi connectivity index (χ0) is 11.9. The highest BCUT2D eigenvalue weighted by molar-refractivity contribution is 5.21. The molecular weight excluding hydrogens is 208 g/mol. The molecule has 0 spiro atoms. The van der Waals surface area contributed by atoms with Crippen LogP contribution in [0.15, 0.2) is 60.7 Å². The maximum absolute atomic E-state index is 9.46. The second kappa shape index (κ2) is 6.21. The van der Waals surface area contributed by atoms with E-state index in [1.165, 1.54) is 11.1 Å². The normalized spacial score (nSPS) is 12.3. The Morgan fingerprint density at radius 1 is 0.824 bits per heavy atom. The van der Waals surface area contributed by atoms with Crippen molar-refractivity contribution in [3.05, 3.63) is 71.8 Å². The first-order chi connectivity index (χ1) is 8.40. The Balaban J connectivity index is 1.97. The predicted molar refractivity (Wildman–Crippen MR) is 71.0 cm³/mol. The Morgan fingerprint density at radius 3 is 2.00 bits per heavy atom. The molecule has 88 valence electrons. The predicted octanol–water partition coefficient (Wildman–Crippen LogP) is 3.40. The highest BCUT2D eigenvalue weighted by Crippen LogP contribution is 2.20. The van der Waals surface area contributed by atoms with Crippen molar-refractivity contribution >= 4 is 0 Å². The van der Waals surface area contributed by atoms with E-state index in [0.29, 0.717) is 0 Å². The maximum Gasteiger partial charge on any atom is 0.0499 e. The van der Waals surface area contributed by atoms with Gasteiger partial charge >= 0.3 is 0 Å². The topological polar surface area (TPSA) is 20.2 Å². The molecule has 0 bridgehead atoms. The van der Waals surface area contributed by atoms with Gasteiger partial charge in [-0.15, -0.1) is 0 Å². The van der Waals surface area contributed by atoms with Gasteiger partial charge in [-0.3, -0.25) is 0 Å². The molecule has 1 atom stereocenters. The minimum Gasteiger partial charge on any atom is -0.396 e. The summed E-state index contributed by atoms with van der Waals surface area (Å²) in [5.41, 5.74) is 2.56. The summed E-state index contributed by atoms with van der Waals surface area (Å²) < 4.78 is 0. The van der Waals surface area contributed by atoms with Crippen LogP contribution in [0.2, 0.25) is 0 Å². The summed E-state index contributed by atoms with van der Waals surface area (Å²) in [5, 5.41) is 9.46. The number of aliphatic hydroxyl groups excluding tert-OH is 1. The van der Waals surface area contributed by atoms with E-state index in [0.717, 1.165) is 12.8 Å². The number of hydrogen-bond donors (Lipinski definition) is 1. The number of benzene rings is 2. The fraction of sp³-hybridized carbons (Fsp3) is 0.250. The van der Waals surface area contributed by atoms with Crippen LogP contribution in [-0.2, 0) is 6.42 Å². The third-order valence-corrected chi connectivity index (χ3v) is 3.12. The van der Waals surface area contributed by atoms with Crippen molar-refractivity contribution in [3.63, 3.8) is 0 Å². The largest absolute Gasteiger partial charge is 0.396 e. The van der Waals surface area contributed by atoms with Crippen LogP contribution in [0, 0.1) is 0 Å². The third kappa shape index (κ3) is 3.43. The molecule has 0 heterocycles. The van der Waals surface area contributed by atoms with E-state index in [-0.39, 0.29) is 12.5 Å². The molecule has 0 aliphatic heterocycles. The van der Waals surface area contributed by atoms with Crippen molar-refractivity contribution < 1.29 is 5.11 Å². The molecule has 2 aromatic rings. The number of aliphatic hydroxyl groups is 1. The van der Waals surface area contributed by atoms with Gasteiger partial charge < -0.3 is 5.11 Å². The van der Waals surface area contributed by atoms with Crippen molar-refractivity contribution in [2.75, 3.05) is 6.61 Å². The van der Waals surface area contributed by atoms with Gasteiger partial charge in [-0.25, -0.2) is 0 Å². The molecule has 2 rings (SSSR count). The molecule has 1 heteroatoms. The number of hydrogen-bond acceptors (Lipinski definition) is 1. The maximum atomic E-state index is 9.46. The molecule has 0 aliphatic carbocycles. The number of rotatable bonds is 5. The van der Waals surface area contributed by atoms with E-state index in [9.17, 15) is 5.11 Å². The molecule has 0 aliphatic rings. The summed E-state index contributed by atoms with van der Waals surface area (Å²) in [6.45, 7) is 0.219. The smallest absolute Gasteiger partial charge is 0.0499 e. The van der Waals surface area contributed by atoms with Crippen molar-refractivity contribution in [1.82, 2.24) is 0 Å². The van der Waals surface area contributed by atoms with Gasteiger partial charge in [0.2, 0.25) is 0 Å². The van der Waals surface area contributed by atoms with Crippen molar-refractivity contribution in [1.29, 1.82) is 0 Å². The van der Waals surface area contributed by atoms with Crippen LogP contribution in [0.1, 0.15) is 23.5 Å². The van der Waals surface area contributed by atoms with Crippen molar-refractivity contribution in [2.45, 2.75) is 18.8 Å². The van der Waals surface area contributed by atoms with E-state index in [1.54, 1.807) is 0 Å². The molecular formula is C16H18O. The summed E-state index contributed by atoms with van der Waals surface area (Å²) in [6.07, 6.45) is 2.01. The van der Waals surface area contributed by atoms with Gasteiger partial charge in [0.25, 0.3) is 0 Å². The molecule has 2 aromatic carbocycles. The van der Waals surface area contributed by atoms with Crippen LogP contribution >= 0.6 is 0 Å². The van der Waals surface area contributed by atoms with E-state index >= 15 is 0 Å². The molecule has 0 unspecified atom stereocenters. The lowest BCUT2D eigenvalue weighted by Gasteiger charge is -2.14. The van der Waals surface area contributed by atoms with E-state index in [4.69, 9.17) is 0 Å². The summed E-state index contributed by atoms with van der Waals surface area (Å²) in [4.78, 5) is 0. The molecule has 17 heavy (non-hydrogen) atoms. The Labute approximate surface area is 103 Å². The van der Waals surface area contributed by atoms with Crippen molar-refractivity contribution in [3.8, 4) is 0 Å². The Morgan fingerprint density at radius 2 is 1.41 bits per heavy atom. The highest BCUT2D eigenvalue weighted by atomic mass is 16.3. The summed E-state index contributed by atoms with van der Waals surface area (Å²) >= 11 is 0. The minimum atomic E-state index is 0.219. The minimum absolute atomic E-state index is 0.219. The first kappa shape index (κ1) is 11.9. The molecule has 0 saturated carbocycles. The lowest BCUT2D eigenvalue weighted by Crippen LogP contribution is -2.05. The zero-order valence-corrected chi connectivity index (χ0v) is 9.92. The molecule has 1 nitrogen and oxygen atoms in total. The summed E-state index contributed by atoms with van der Waals surface area (Å²) in [5.74, 6) is 0.247. The summed E-state index contributed by atoms with van der Waals surface area (Å²) in [7, 11) is 0. The first-order valence-electron chi connectivity index (χ1n) is 6.10. The fourth-order valence-electron chi connectivity index (χ4n) is 2.07. The molecule has 1 N–H and O–H groups in total. The van der Waals surface area contributed by atoms with Crippen molar-refractivity contribution in [2.24, 2.45) is 0 Å². The standard InChI is InChI=1S/C16H18O/c17-13-16(15-9-5-2-6-10-15)12-11-14-7-3-1-4-8-14/h1-10,16-17H,11-13H2/t16-/m1/s1. The second-order valence-corrected chi connectivity index (χ2v) is 4.31. The van der Waals surface area contributed by atoms with Crippen LogP contribution in [0.5, 0.6) is 0 Å². The van der Waals surface area contributed by atoms with E-state index < -0.39 is 0 Å². The van der Waals surface area contributed by atoms with Crippen LogP contribution in [0.3, 0.4) is 0 Å². The van der Waals surface area contributed by atoms with Gasteiger partial charge in [-0.1, -0.05) is 60.7 Å². The second-order valence-electron chi connectivity index (χ2n) is 4.31. The van der Waals surface area contributed by atoms with Gasteiger partial charge in [-0.2, -0.15) is 0 Å².